The van der Waals surface area contributed by atoms with E-state index in [1.165, 1.54) is 6.07 Å². The highest BCUT2D eigenvalue weighted by Crippen LogP contribution is 2.23. The van der Waals surface area contributed by atoms with E-state index in [1.807, 2.05) is 6.92 Å². The Morgan fingerprint density at radius 2 is 1.90 bits per heavy atom. The molecule has 0 aliphatic heterocycles. The van der Waals surface area contributed by atoms with Gasteiger partial charge in [0.05, 0.1) is 5.69 Å². The minimum atomic E-state index is -0.329. The van der Waals surface area contributed by atoms with Gasteiger partial charge in [-0.15, -0.1) is 0 Å². The summed E-state index contributed by atoms with van der Waals surface area (Å²) in [7, 11) is 0. The molecule has 0 atom stereocenters. The number of hydrogen-bond acceptors (Lipinski definition) is 4. The van der Waals surface area contributed by atoms with Crippen molar-refractivity contribution in [2.45, 2.75) is 26.7 Å². The normalized spacial score (nSPS) is 10.5. The molecule has 4 nitrogen and oxygen atoms in total. The Hall–Kier alpha value is -1.69. The van der Waals surface area contributed by atoms with Crippen LogP contribution < -0.4 is 10.6 Å². The first-order valence-corrected chi connectivity index (χ1v) is 7.75. The highest BCUT2D eigenvalue weighted by atomic mass is 79.9. The molecule has 0 bridgehead atoms. The van der Waals surface area contributed by atoms with E-state index in [0.717, 1.165) is 31.0 Å². The standard InChI is InChI=1S/C15H18BrFN4/c1-3-5-13-20-14(18-4-2)9-15(21-13)19-12-7-6-10(16)8-11(12)17/h6-9H,3-5H2,1-2H3,(H2,18,19,20,21). The fourth-order valence-electron chi connectivity index (χ4n) is 1.90. The smallest absolute Gasteiger partial charge is 0.147 e. The van der Waals surface area contributed by atoms with Crippen molar-refractivity contribution in [1.29, 1.82) is 0 Å². The summed E-state index contributed by atoms with van der Waals surface area (Å²) < 4.78 is 14.6. The molecule has 0 spiro atoms. The van der Waals surface area contributed by atoms with Gasteiger partial charge in [0.1, 0.15) is 23.3 Å². The van der Waals surface area contributed by atoms with E-state index in [4.69, 9.17) is 0 Å². The van der Waals surface area contributed by atoms with Crippen molar-refractivity contribution >= 4 is 33.3 Å². The summed E-state index contributed by atoms with van der Waals surface area (Å²) in [4.78, 5) is 8.85. The van der Waals surface area contributed by atoms with Crippen molar-refractivity contribution in [3.8, 4) is 0 Å². The van der Waals surface area contributed by atoms with Crippen LogP contribution in [-0.4, -0.2) is 16.5 Å². The zero-order valence-corrected chi connectivity index (χ0v) is 13.7. The maximum atomic E-state index is 13.9. The van der Waals surface area contributed by atoms with E-state index in [9.17, 15) is 4.39 Å². The van der Waals surface area contributed by atoms with Crippen molar-refractivity contribution in [2.75, 3.05) is 17.2 Å². The zero-order valence-electron chi connectivity index (χ0n) is 12.1. The molecule has 21 heavy (non-hydrogen) atoms. The number of benzene rings is 1. The van der Waals surface area contributed by atoms with Gasteiger partial charge in [0.25, 0.3) is 0 Å². The molecule has 0 aliphatic rings. The molecule has 112 valence electrons. The third kappa shape index (κ3) is 4.39. The first kappa shape index (κ1) is 15.7. The Labute approximate surface area is 132 Å². The van der Waals surface area contributed by atoms with E-state index in [1.54, 1.807) is 18.2 Å². The average molecular weight is 353 g/mol. The highest BCUT2D eigenvalue weighted by molar-refractivity contribution is 9.10. The molecule has 0 aliphatic carbocycles. The molecule has 0 saturated heterocycles. The average Bonchev–Trinajstić information content (AvgIpc) is 2.42. The summed E-state index contributed by atoms with van der Waals surface area (Å²) in [5.74, 6) is 1.75. The maximum absolute atomic E-state index is 13.9. The number of halogens is 2. The van der Waals surface area contributed by atoms with Gasteiger partial charge in [-0.3, -0.25) is 0 Å². The van der Waals surface area contributed by atoms with Gasteiger partial charge in [-0.1, -0.05) is 22.9 Å². The first-order chi connectivity index (χ1) is 10.1. The van der Waals surface area contributed by atoms with Gasteiger partial charge in [0, 0.05) is 23.5 Å². The lowest BCUT2D eigenvalue weighted by Crippen LogP contribution is -2.06. The van der Waals surface area contributed by atoms with Crippen LogP contribution in [0.2, 0.25) is 0 Å². The summed E-state index contributed by atoms with van der Waals surface area (Å²) in [6.45, 7) is 4.85. The lowest BCUT2D eigenvalue weighted by molar-refractivity contribution is 0.631. The fraction of sp³-hybridized carbons (Fsp3) is 0.333. The maximum Gasteiger partial charge on any atom is 0.147 e. The van der Waals surface area contributed by atoms with Crippen molar-refractivity contribution in [3.05, 3.63) is 40.4 Å². The molecule has 1 aromatic carbocycles. The first-order valence-electron chi connectivity index (χ1n) is 6.96. The monoisotopic (exact) mass is 352 g/mol. The van der Waals surface area contributed by atoms with Gasteiger partial charge in [-0.25, -0.2) is 14.4 Å². The molecule has 0 amide bonds. The lowest BCUT2D eigenvalue weighted by Gasteiger charge is -2.11. The summed E-state index contributed by atoms with van der Waals surface area (Å²) >= 11 is 3.24. The van der Waals surface area contributed by atoms with E-state index < -0.39 is 0 Å². The second-order valence-corrected chi connectivity index (χ2v) is 5.50. The Morgan fingerprint density at radius 1 is 1.14 bits per heavy atom. The summed E-state index contributed by atoms with van der Waals surface area (Å²) in [5, 5.41) is 6.17. The number of rotatable bonds is 6. The third-order valence-electron chi connectivity index (χ3n) is 2.80. The number of nitrogens with one attached hydrogen (secondary N) is 2. The van der Waals surface area contributed by atoms with Crippen LogP contribution in [0.5, 0.6) is 0 Å². The van der Waals surface area contributed by atoms with Crippen LogP contribution in [0.1, 0.15) is 26.1 Å². The molecule has 2 aromatic rings. The van der Waals surface area contributed by atoms with Gasteiger partial charge in [-0.05, 0) is 31.5 Å². The van der Waals surface area contributed by atoms with Crippen LogP contribution >= 0.6 is 15.9 Å². The van der Waals surface area contributed by atoms with Crippen LogP contribution in [0.3, 0.4) is 0 Å². The summed E-state index contributed by atoms with van der Waals surface area (Å²) in [5.41, 5.74) is 0.391. The van der Waals surface area contributed by atoms with Crippen LogP contribution in [0.15, 0.2) is 28.7 Å². The van der Waals surface area contributed by atoms with Gasteiger partial charge in [0.15, 0.2) is 0 Å². The summed E-state index contributed by atoms with van der Waals surface area (Å²) in [6.07, 6.45) is 1.75. The van der Waals surface area contributed by atoms with Gasteiger partial charge in [-0.2, -0.15) is 0 Å². The van der Waals surface area contributed by atoms with E-state index in [-0.39, 0.29) is 5.82 Å². The molecule has 0 radical (unpaired) electrons. The van der Waals surface area contributed by atoms with Crippen molar-refractivity contribution < 1.29 is 4.39 Å². The van der Waals surface area contributed by atoms with Crippen LogP contribution in [0, 0.1) is 5.82 Å². The van der Waals surface area contributed by atoms with Crippen molar-refractivity contribution in [3.63, 3.8) is 0 Å². The molecular formula is C15H18BrFN4. The van der Waals surface area contributed by atoms with Crippen LogP contribution in [-0.2, 0) is 6.42 Å². The molecule has 1 aromatic heterocycles. The van der Waals surface area contributed by atoms with Crippen LogP contribution in [0.25, 0.3) is 0 Å². The largest absolute Gasteiger partial charge is 0.370 e. The van der Waals surface area contributed by atoms with Crippen molar-refractivity contribution in [1.82, 2.24) is 9.97 Å². The number of nitrogens with zero attached hydrogens (tertiary/aromatic N) is 2. The number of anilines is 3. The second kappa shape index (κ2) is 7.36. The van der Waals surface area contributed by atoms with Gasteiger partial charge < -0.3 is 10.6 Å². The van der Waals surface area contributed by atoms with Gasteiger partial charge in [0.2, 0.25) is 0 Å². The predicted octanol–water partition coefficient (Wildman–Crippen LogP) is 4.51. The molecule has 1 heterocycles. The quantitative estimate of drug-likeness (QED) is 0.803. The molecule has 0 fully saturated rings. The second-order valence-electron chi connectivity index (χ2n) is 4.58. The summed E-state index contributed by atoms with van der Waals surface area (Å²) in [6, 6.07) is 6.66. The number of hydrogen-bond donors (Lipinski definition) is 2. The Morgan fingerprint density at radius 3 is 2.57 bits per heavy atom. The molecule has 2 rings (SSSR count). The third-order valence-corrected chi connectivity index (χ3v) is 3.29. The Bertz CT molecular complexity index is 594. The Balaban J connectivity index is 2.29. The Kier molecular flexibility index (Phi) is 5.50. The molecule has 2 N–H and O–H groups in total. The van der Waals surface area contributed by atoms with E-state index in [2.05, 4.69) is 43.5 Å². The highest BCUT2D eigenvalue weighted by Gasteiger charge is 2.07. The molecule has 0 unspecified atom stereocenters. The number of aryl methyl sites for hydroxylation is 1. The predicted molar refractivity (Wildman–Crippen MR) is 87.6 cm³/mol. The molecule has 0 saturated carbocycles. The van der Waals surface area contributed by atoms with E-state index in [0.29, 0.717) is 16.0 Å². The fourth-order valence-corrected chi connectivity index (χ4v) is 2.23. The van der Waals surface area contributed by atoms with Crippen LogP contribution in [0.4, 0.5) is 21.7 Å². The molecular weight excluding hydrogens is 335 g/mol. The minimum Gasteiger partial charge on any atom is -0.370 e. The van der Waals surface area contributed by atoms with Gasteiger partial charge >= 0.3 is 0 Å². The van der Waals surface area contributed by atoms with Crippen molar-refractivity contribution in [2.24, 2.45) is 0 Å². The van der Waals surface area contributed by atoms with E-state index >= 15 is 0 Å². The lowest BCUT2D eigenvalue weighted by atomic mass is 10.3. The SMILES string of the molecule is CCCc1nc(NCC)cc(Nc2ccc(Br)cc2F)n1. The number of aromatic nitrogens is 2. The molecule has 6 heteroatoms. The topological polar surface area (TPSA) is 49.8 Å². The minimum absolute atomic E-state index is 0.329. The zero-order chi connectivity index (χ0) is 15.2.